The Hall–Kier alpha value is -2.80. The molecule has 23 heavy (non-hydrogen) atoms. The maximum atomic E-state index is 12.4. The summed E-state index contributed by atoms with van der Waals surface area (Å²) in [5.41, 5.74) is 2.32. The standard InChI is InChI=1S/C16H15N5O2/c22-16-13-9-21(8-12-7-18-10-23-12)5-3-14(13)19-15(20-16)11-2-1-4-17-6-11/h1-2,4,6-7,10H,3,5,8-9H2,(H,19,20,22). The van der Waals surface area contributed by atoms with Crippen molar-refractivity contribution in [1.82, 2.24) is 24.8 Å². The number of nitrogens with zero attached hydrogens (tertiary/aromatic N) is 4. The molecule has 0 amide bonds. The number of oxazole rings is 1. The molecule has 7 nitrogen and oxygen atoms in total. The van der Waals surface area contributed by atoms with Crippen LogP contribution in [0.2, 0.25) is 0 Å². The van der Waals surface area contributed by atoms with Crippen LogP contribution in [-0.4, -0.2) is 31.4 Å². The van der Waals surface area contributed by atoms with Crippen LogP contribution in [0, 0.1) is 0 Å². The highest BCUT2D eigenvalue weighted by atomic mass is 16.3. The molecule has 1 N–H and O–H groups in total. The van der Waals surface area contributed by atoms with Crippen LogP contribution in [0.1, 0.15) is 17.0 Å². The van der Waals surface area contributed by atoms with E-state index >= 15 is 0 Å². The van der Waals surface area contributed by atoms with Gasteiger partial charge in [-0.15, -0.1) is 0 Å². The second-order valence-electron chi connectivity index (χ2n) is 5.51. The third kappa shape index (κ3) is 2.78. The Morgan fingerprint density at radius 1 is 1.30 bits per heavy atom. The van der Waals surface area contributed by atoms with E-state index in [9.17, 15) is 4.79 Å². The van der Waals surface area contributed by atoms with Gasteiger partial charge < -0.3 is 9.40 Å². The molecule has 3 aromatic rings. The monoisotopic (exact) mass is 309 g/mol. The van der Waals surface area contributed by atoms with E-state index in [0.29, 0.717) is 18.9 Å². The van der Waals surface area contributed by atoms with E-state index in [4.69, 9.17) is 4.42 Å². The van der Waals surface area contributed by atoms with Gasteiger partial charge in [-0.25, -0.2) is 9.97 Å². The quantitative estimate of drug-likeness (QED) is 0.786. The predicted molar refractivity (Wildman–Crippen MR) is 82.4 cm³/mol. The van der Waals surface area contributed by atoms with Crippen molar-refractivity contribution in [3.05, 3.63) is 64.5 Å². The van der Waals surface area contributed by atoms with E-state index in [1.807, 2.05) is 12.1 Å². The summed E-state index contributed by atoms with van der Waals surface area (Å²) < 4.78 is 5.27. The molecule has 7 heteroatoms. The van der Waals surface area contributed by atoms with Gasteiger partial charge in [0, 0.05) is 37.5 Å². The molecule has 0 fully saturated rings. The molecule has 3 aromatic heterocycles. The summed E-state index contributed by atoms with van der Waals surface area (Å²) in [6.07, 6.45) is 7.25. The molecule has 0 saturated carbocycles. The largest absolute Gasteiger partial charge is 0.447 e. The first kappa shape index (κ1) is 13.8. The van der Waals surface area contributed by atoms with Crippen molar-refractivity contribution in [2.24, 2.45) is 0 Å². The van der Waals surface area contributed by atoms with E-state index in [1.54, 1.807) is 18.6 Å². The van der Waals surface area contributed by atoms with Crippen molar-refractivity contribution in [3.8, 4) is 11.4 Å². The third-order valence-electron chi connectivity index (χ3n) is 3.95. The number of hydrogen-bond acceptors (Lipinski definition) is 6. The number of H-pyrrole nitrogens is 1. The number of aromatic amines is 1. The normalized spacial score (nSPS) is 14.6. The van der Waals surface area contributed by atoms with Crippen molar-refractivity contribution >= 4 is 0 Å². The van der Waals surface area contributed by atoms with Crippen LogP contribution in [0.4, 0.5) is 0 Å². The van der Waals surface area contributed by atoms with Gasteiger partial charge in [0.2, 0.25) is 0 Å². The SMILES string of the molecule is O=c1[nH]c(-c2cccnc2)nc2c1CN(Cc1cnco1)CC2. The number of hydrogen-bond donors (Lipinski definition) is 1. The second-order valence-corrected chi connectivity index (χ2v) is 5.51. The van der Waals surface area contributed by atoms with Crippen molar-refractivity contribution < 1.29 is 4.42 Å². The zero-order chi connectivity index (χ0) is 15.6. The topological polar surface area (TPSA) is 87.9 Å². The molecule has 0 atom stereocenters. The lowest BCUT2D eigenvalue weighted by Crippen LogP contribution is -2.35. The van der Waals surface area contributed by atoms with Gasteiger partial charge in [0.05, 0.1) is 24.0 Å². The molecular formula is C16H15N5O2. The van der Waals surface area contributed by atoms with E-state index in [0.717, 1.165) is 35.5 Å². The van der Waals surface area contributed by atoms with Gasteiger partial charge in [0.15, 0.2) is 6.39 Å². The fourth-order valence-electron chi connectivity index (χ4n) is 2.80. The van der Waals surface area contributed by atoms with E-state index in [1.165, 1.54) is 6.39 Å². The lowest BCUT2D eigenvalue weighted by molar-refractivity contribution is 0.222. The van der Waals surface area contributed by atoms with Crippen molar-refractivity contribution in [1.29, 1.82) is 0 Å². The molecule has 0 saturated heterocycles. The van der Waals surface area contributed by atoms with Crippen LogP contribution in [0.5, 0.6) is 0 Å². The summed E-state index contributed by atoms with van der Waals surface area (Å²) in [6, 6.07) is 3.71. The van der Waals surface area contributed by atoms with Gasteiger partial charge >= 0.3 is 0 Å². The number of nitrogens with one attached hydrogen (secondary N) is 1. The maximum absolute atomic E-state index is 12.4. The first-order chi connectivity index (χ1) is 11.3. The molecule has 0 radical (unpaired) electrons. The minimum absolute atomic E-state index is 0.0869. The summed E-state index contributed by atoms with van der Waals surface area (Å²) in [5.74, 6) is 1.37. The third-order valence-corrected chi connectivity index (χ3v) is 3.95. The highest BCUT2D eigenvalue weighted by molar-refractivity contribution is 5.53. The Labute approximate surface area is 132 Å². The molecule has 4 heterocycles. The number of rotatable bonds is 3. The molecule has 4 rings (SSSR count). The summed E-state index contributed by atoms with van der Waals surface area (Å²) in [4.78, 5) is 30.0. The van der Waals surface area contributed by atoms with Crippen LogP contribution in [0.25, 0.3) is 11.4 Å². The summed E-state index contributed by atoms with van der Waals surface area (Å²) in [6.45, 7) is 2.03. The highest BCUT2D eigenvalue weighted by Crippen LogP contribution is 2.19. The molecule has 116 valence electrons. The molecule has 1 aliphatic heterocycles. The van der Waals surface area contributed by atoms with Crippen LogP contribution in [-0.2, 0) is 19.5 Å². The van der Waals surface area contributed by atoms with Crippen molar-refractivity contribution in [2.75, 3.05) is 6.54 Å². The van der Waals surface area contributed by atoms with E-state index in [-0.39, 0.29) is 5.56 Å². The molecule has 0 aliphatic carbocycles. The van der Waals surface area contributed by atoms with Crippen LogP contribution in [0.15, 0.2) is 46.3 Å². The minimum atomic E-state index is -0.0869. The van der Waals surface area contributed by atoms with Gasteiger partial charge in [0.1, 0.15) is 11.6 Å². The van der Waals surface area contributed by atoms with Gasteiger partial charge in [0.25, 0.3) is 5.56 Å². The minimum Gasteiger partial charge on any atom is -0.447 e. The Kier molecular flexibility index (Phi) is 3.47. The highest BCUT2D eigenvalue weighted by Gasteiger charge is 2.22. The number of aromatic nitrogens is 4. The Morgan fingerprint density at radius 3 is 3.04 bits per heavy atom. The van der Waals surface area contributed by atoms with Gasteiger partial charge in [-0.2, -0.15) is 0 Å². The lowest BCUT2D eigenvalue weighted by atomic mass is 10.1. The summed E-state index contributed by atoms with van der Waals surface area (Å²) >= 11 is 0. The van der Waals surface area contributed by atoms with Gasteiger partial charge in [-0.05, 0) is 12.1 Å². The van der Waals surface area contributed by atoms with Crippen molar-refractivity contribution in [3.63, 3.8) is 0 Å². The smallest absolute Gasteiger partial charge is 0.255 e. The Bertz CT molecular complexity index is 858. The average Bonchev–Trinajstić information content (AvgIpc) is 3.09. The molecule has 0 bridgehead atoms. The fourth-order valence-corrected chi connectivity index (χ4v) is 2.80. The van der Waals surface area contributed by atoms with E-state index < -0.39 is 0 Å². The zero-order valence-corrected chi connectivity index (χ0v) is 12.4. The summed E-state index contributed by atoms with van der Waals surface area (Å²) in [7, 11) is 0. The van der Waals surface area contributed by atoms with Gasteiger partial charge in [-0.1, -0.05) is 0 Å². The Morgan fingerprint density at radius 2 is 2.26 bits per heavy atom. The number of pyridine rings is 1. The van der Waals surface area contributed by atoms with Crippen LogP contribution >= 0.6 is 0 Å². The molecule has 0 unspecified atom stereocenters. The average molecular weight is 309 g/mol. The number of fused-ring (bicyclic) bond motifs is 1. The predicted octanol–water partition coefficient (Wildman–Crippen LogP) is 1.38. The van der Waals surface area contributed by atoms with Crippen molar-refractivity contribution in [2.45, 2.75) is 19.5 Å². The zero-order valence-electron chi connectivity index (χ0n) is 12.4. The molecule has 0 aromatic carbocycles. The first-order valence-electron chi connectivity index (χ1n) is 7.42. The fraction of sp³-hybridized carbons (Fsp3) is 0.250. The molecular weight excluding hydrogens is 294 g/mol. The first-order valence-corrected chi connectivity index (χ1v) is 7.42. The summed E-state index contributed by atoms with van der Waals surface area (Å²) in [5, 5.41) is 0. The van der Waals surface area contributed by atoms with Gasteiger partial charge in [-0.3, -0.25) is 14.7 Å². The van der Waals surface area contributed by atoms with Crippen LogP contribution < -0.4 is 5.56 Å². The lowest BCUT2D eigenvalue weighted by Gasteiger charge is -2.26. The molecule has 1 aliphatic rings. The maximum Gasteiger partial charge on any atom is 0.255 e. The second kappa shape index (κ2) is 5.77. The van der Waals surface area contributed by atoms with E-state index in [2.05, 4.69) is 24.8 Å². The molecule has 0 spiro atoms. The van der Waals surface area contributed by atoms with Crippen LogP contribution in [0.3, 0.4) is 0 Å². The Balaban J connectivity index is 1.62.